The number of carbonyl (C=O) groups is 1. The first kappa shape index (κ1) is 11.9. The first-order valence-electron chi connectivity index (χ1n) is 6.66. The van der Waals surface area contributed by atoms with Crippen LogP contribution < -0.4 is 11.1 Å². The molecular formula is C13H24N2O. The molecule has 0 radical (unpaired) electrons. The molecule has 2 rings (SSSR count). The topological polar surface area (TPSA) is 55.1 Å². The zero-order valence-corrected chi connectivity index (χ0v) is 10.3. The zero-order valence-electron chi connectivity index (χ0n) is 10.3. The molecule has 1 amide bonds. The van der Waals surface area contributed by atoms with Crippen molar-refractivity contribution in [2.45, 2.75) is 69.9 Å². The quantitative estimate of drug-likeness (QED) is 0.767. The number of amides is 1. The third-order valence-electron chi connectivity index (χ3n) is 4.05. The molecule has 0 aliphatic heterocycles. The number of nitrogens with two attached hydrogens (primary N) is 1. The predicted octanol–water partition coefficient (Wildman–Crippen LogP) is 1.95. The molecule has 0 bridgehead atoms. The maximum Gasteiger partial charge on any atom is 0.221 e. The van der Waals surface area contributed by atoms with Gasteiger partial charge in [0.1, 0.15) is 0 Å². The van der Waals surface area contributed by atoms with E-state index in [1.165, 1.54) is 32.1 Å². The Morgan fingerprint density at radius 3 is 2.56 bits per heavy atom. The highest BCUT2D eigenvalue weighted by molar-refractivity contribution is 5.77. The fourth-order valence-electron chi connectivity index (χ4n) is 2.75. The number of nitrogens with one attached hydrogen (secondary N) is 1. The van der Waals surface area contributed by atoms with Crippen molar-refractivity contribution >= 4 is 5.91 Å². The highest BCUT2D eigenvalue weighted by Crippen LogP contribution is 2.33. The molecule has 0 aromatic rings. The lowest BCUT2D eigenvalue weighted by atomic mass is 9.83. The first-order valence-corrected chi connectivity index (χ1v) is 6.66. The molecule has 2 fully saturated rings. The molecular weight excluding hydrogens is 200 g/mol. The summed E-state index contributed by atoms with van der Waals surface area (Å²) in [5, 5.41) is 3.19. The van der Waals surface area contributed by atoms with E-state index in [9.17, 15) is 4.79 Å². The van der Waals surface area contributed by atoms with Gasteiger partial charge in [-0.05, 0) is 38.5 Å². The highest BCUT2D eigenvalue weighted by atomic mass is 16.1. The van der Waals surface area contributed by atoms with Gasteiger partial charge in [-0.2, -0.15) is 0 Å². The van der Waals surface area contributed by atoms with Crippen molar-refractivity contribution in [3.05, 3.63) is 0 Å². The van der Waals surface area contributed by atoms with Gasteiger partial charge in [0.25, 0.3) is 0 Å². The van der Waals surface area contributed by atoms with Gasteiger partial charge in [0, 0.05) is 18.0 Å². The van der Waals surface area contributed by atoms with Crippen molar-refractivity contribution in [3.63, 3.8) is 0 Å². The minimum Gasteiger partial charge on any atom is -0.351 e. The summed E-state index contributed by atoms with van der Waals surface area (Å²) in [6, 6.07) is 0.0900. The number of rotatable bonds is 4. The molecule has 0 heterocycles. The zero-order chi connectivity index (χ0) is 11.6. The fraction of sp³-hybridized carbons (Fsp3) is 0.923. The summed E-state index contributed by atoms with van der Waals surface area (Å²) < 4.78 is 0. The molecule has 3 N–H and O–H groups in total. The van der Waals surface area contributed by atoms with E-state index < -0.39 is 0 Å². The number of hydrogen-bond acceptors (Lipinski definition) is 2. The highest BCUT2D eigenvalue weighted by Gasteiger charge is 2.32. The summed E-state index contributed by atoms with van der Waals surface area (Å²) >= 11 is 0. The van der Waals surface area contributed by atoms with E-state index in [1.807, 2.05) is 0 Å². The van der Waals surface area contributed by atoms with E-state index in [0.29, 0.717) is 12.3 Å². The maximum absolute atomic E-state index is 11.9. The Morgan fingerprint density at radius 1 is 1.38 bits per heavy atom. The van der Waals surface area contributed by atoms with Crippen LogP contribution in [0.25, 0.3) is 0 Å². The molecule has 0 saturated heterocycles. The summed E-state index contributed by atoms with van der Waals surface area (Å²) in [4.78, 5) is 11.9. The van der Waals surface area contributed by atoms with E-state index in [-0.39, 0.29) is 17.5 Å². The lowest BCUT2D eigenvalue weighted by Gasteiger charge is -2.34. The minimum atomic E-state index is 0.0403. The van der Waals surface area contributed by atoms with Crippen LogP contribution in [0.4, 0.5) is 0 Å². The second kappa shape index (κ2) is 4.74. The lowest BCUT2D eigenvalue weighted by molar-refractivity contribution is -0.123. The Labute approximate surface area is 98.2 Å². The van der Waals surface area contributed by atoms with Crippen LogP contribution in [0.1, 0.15) is 58.3 Å². The molecule has 0 spiro atoms. The maximum atomic E-state index is 11.9. The van der Waals surface area contributed by atoms with Crippen LogP contribution >= 0.6 is 0 Å². The van der Waals surface area contributed by atoms with Crippen LogP contribution in [-0.2, 0) is 4.79 Å². The molecule has 1 atom stereocenters. The molecule has 0 aromatic carbocycles. The largest absolute Gasteiger partial charge is 0.351 e. The van der Waals surface area contributed by atoms with Gasteiger partial charge in [-0.3, -0.25) is 4.79 Å². The minimum absolute atomic E-state index is 0.0403. The van der Waals surface area contributed by atoms with Gasteiger partial charge in [0.05, 0.1) is 0 Å². The number of carbonyl (C=O) groups excluding carboxylic acids is 1. The molecule has 2 saturated carbocycles. The van der Waals surface area contributed by atoms with Gasteiger partial charge >= 0.3 is 0 Å². The van der Waals surface area contributed by atoms with Gasteiger partial charge in [-0.25, -0.2) is 0 Å². The molecule has 3 nitrogen and oxygen atoms in total. The summed E-state index contributed by atoms with van der Waals surface area (Å²) in [5.41, 5.74) is 6.01. The Morgan fingerprint density at radius 2 is 2.00 bits per heavy atom. The second-order valence-corrected chi connectivity index (χ2v) is 5.87. The van der Waals surface area contributed by atoms with E-state index in [2.05, 4.69) is 12.2 Å². The van der Waals surface area contributed by atoms with Crippen LogP contribution in [0.15, 0.2) is 0 Å². The van der Waals surface area contributed by atoms with Gasteiger partial charge in [0.15, 0.2) is 0 Å². The Hall–Kier alpha value is -0.570. The van der Waals surface area contributed by atoms with Crippen molar-refractivity contribution in [2.24, 2.45) is 11.7 Å². The summed E-state index contributed by atoms with van der Waals surface area (Å²) in [6.07, 6.45) is 8.98. The first-order chi connectivity index (χ1) is 7.59. The predicted molar refractivity (Wildman–Crippen MR) is 64.9 cm³/mol. The van der Waals surface area contributed by atoms with Crippen molar-refractivity contribution in [2.75, 3.05) is 0 Å². The van der Waals surface area contributed by atoms with Crippen LogP contribution in [0.2, 0.25) is 0 Å². The van der Waals surface area contributed by atoms with E-state index >= 15 is 0 Å². The molecule has 2 aliphatic rings. The average molecular weight is 224 g/mol. The number of hydrogen-bond donors (Lipinski definition) is 2. The standard InChI is InChI=1S/C13H24N2O/c1-13(7-3-2-4-8-13)15-12(16)9-11(14)10-5-6-10/h10-11H,2-9,14H2,1H3,(H,15,16). The molecule has 0 aromatic heterocycles. The van der Waals surface area contributed by atoms with E-state index in [0.717, 1.165) is 12.8 Å². The van der Waals surface area contributed by atoms with Gasteiger partial charge < -0.3 is 11.1 Å². The summed E-state index contributed by atoms with van der Waals surface area (Å²) in [5.74, 6) is 0.772. The molecule has 3 heteroatoms. The van der Waals surface area contributed by atoms with Gasteiger partial charge in [-0.15, -0.1) is 0 Å². The summed E-state index contributed by atoms with van der Waals surface area (Å²) in [6.45, 7) is 2.17. The van der Waals surface area contributed by atoms with Crippen LogP contribution in [0.5, 0.6) is 0 Å². The second-order valence-electron chi connectivity index (χ2n) is 5.87. The van der Waals surface area contributed by atoms with Crippen molar-refractivity contribution in [1.29, 1.82) is 0 Å². The third kappa shape index (κ3) is 3.21. The molecule has 16 heavy (non-hydrogen) atoms. The molecule has 1 unspecified atom stereocenters. The van der Waals surface area contributed by atoms with Crippen molar-refractivity contribution < 1.29 is 4.79 Å². The van der Waals surface area contributed by atoms with Gasteiger partial charge in [0.2, 0.25) is 5.91 Å². The van der Waals surface area contributed by atoms with E-state index in [1.54, 1.807) is 0 Å². The SMILES string of the molecule is CC1(NC(=O)CC(N)C2CC2)CCCCC1. The normalized spacial score (nSPS) is 26.1. The average Bonchev–Trinajstić information content (AvgIpc) is 3.00. The Kier molecular flexibility index (Phi) is 3.53. The van der Waals surface area contributed by atoms with Crippen LogP contribution in [-0.4, -0.2) is 17.5 Å². The van der Waals surface area contributed by atoms with Crippen LogP contribution in [0.3, 0.4) is 0 Å². The monoisotopic (exact) mass is 224 g/mol. The Balaban J connectivity index is 1.76. The third-order valence-corrected chi connectivity index (χ3v) is 4.05. The molecule has 92 valence electrons. The fourth-order valence-corrected chi connectivity index (χ4v) is 2.75. The van der Waals surface area contributed by atoms with Gasteiger partial charge in [-0.1, -0.05) is 19.3 Å². The van der Waals surface area contributed by atoms with E-state index in [4.69, 9.17) is 5.73 Å². The molecule has 2 aliphatic carbocycles. The Bertz CT molecular complexity index is 255. The summed E-state index contributed by atoms with van der Waals surface area (Å²) in [7, 11) is 0. The van der Waals surface area contributed by atoms with Crippen molar-refractivity contribution in [3.8, 4) is 0 Å². The smallest absolute Gasteiger partial charge is 0.221 e. The lowest BCUT2D eigenvalue weighted by Crippen LogP contribution is -2.48. The van der Waals surface area contributed by atoms with Crippen molar-refractivity contribution in [1.82, 2.24) is 5.32 Å². The van der Waals surface area contributed by atoms with Crippen LogP contribution in [0, 0.1) is 5.92 Å².